The van der Waals surface area contributed by atoms with Crippen molar-refractivity contribution in [2.75, 3.05) is 26.2 Å². The van der Waals surface area contributed by atoms with Gasteiger partial charge in [-0.3, -0.25) is 9.59 Å². The fourth-order valence-corrected chi connectivity index (χ4v) is 4.00. The fourth-order valence-electron chi connectivity index (χ4n) is 4.00. The summed E-state index contributed by atoms with van der Waals surface area (Å²) in [4.78, 5) is 28.4. The van der Waals surface area contributed by atoms with Gasteiger partial charge in [0.05, 0.1) is 6.04 Å². The molecule has 1 heterocycles. The average Bonchev–Trinajstić information content (AvgIpc) is 2.77. The molecule has 0 fully saturated rings. The van der Waals surface area contributed by atoms with E-state index in [2.05, 4.69) is 0 Å². The fraction of sp³-hybridized carbons (Fsp3) is 0.417. The van der Waals surface area contributed by atoms with Gasteiger partial charge in [-0.15, -0.1) is 0 Å². The Morgan fingerprint density at radius 1 is 1.13 bits per heavy atom. The van der Waals surface area contributed by atoms with Gasteiger partial charge in [0.25, 0.3) is 5.91 Å². The maximum absolute atomic E-state index is 14.0. The number of rotatable bonds is 7. The number of carbonyl (C=O) groups excluding carboxylic acids is 2. The van der Waals surface area contributed by atoms with Gasteiger partial charge in [-0.2, -0.15) is 0 Å². The first kappa shape index (κ1) is 21.8. The van der Waals surface area contributed by atoms with Crippen molar-refractivity contribution in [3.8, 4) is 5.75 Å². The zero-order valence-corrected chi connectivity index (χ0v) is 17.9. The van der Waals surface area contributed by atoms with Crippen LogP contribution in [0.3, 0.4) is 0 Å². The van der Waals surface area contributed by atoms with Gasteiger partial charge >= 0.3 is 0 Å². The van der Waals surface area contributed by atoms with Crippen LogP contribution in [-0.2, 0) is 16.0 Å². The Labute approximate surface area is 177 Å². The van der Waals surface area contributed by atoms with Crippen LogP contribution in [0.15, 0.2) is 42.5 Å². The van der Waals surface area contributed by atoms with Gasteiger partial charge in [0, 0.05) is 26.1 Å². The lowest BCUT2D eigenvalue weighted by Crippen LogP contribution is -2.40. The summed E-state index contributed by atoms with van der Waals surface area (Å²) >= 11 is 0. The topological polar surface area (TPSA) is 49.9 Å². The third kappa shape index (κ3) is 4.64. The molecular formula is C24H29FN2O3. The lowest BCUT2D eigenvalue weighted by molar-refractivity contribution is -0.133. The molecule has 160 valence electrons. The third-order valence-electron chi connectivity index (χ3n) is 5.61. The second-order valence-corrected chi connectivity index (χ2v) is 7.36. The summed E-state index contributed by atoms with van der Waals surface area (Å²) < 4.78 is 19.7. The molecule has 0 radical (unpaired) electrons. The minimum absolute atomic E-state index is 0.0259. The van der Waals surface area contributed by atoms with Crippen LogP contribution in [0.25, 0.3) is 0 Å². The molecule has 5 nitrogen and oxygen atoms in total. The van der Waals surface area contributed by atoms with E-state index in [-0.39, 0.29) is 30.3 Å². The zero-order valence-electron chi connectivity index (χ0n) is 17.9. The maximum atomic E-state index is 14.0. The molecule has 2 aromatic rings. The predicted octanol–water partition coefficient (Wildman–Crippen LogP) is 3.96. The van der Waals surface area contributed by atoms with Crippen molar-refractivity contribution >= 4 is 11.8 Å². The summed E-state index contributed by atoms with van der Waals surface area (Å²) in [6, 6.07) is 11.7. The number of nitrogens with zero attached hydrogens (tertiary/aromatic N) is 2. The number of likely N-dealkylation sites (N-methyl/N-ethyl adjacent to an activating group) is 1. The molecule has 0 saturated heterocycles. The Kier molecular flexibility index (Phi) is 7.08. The summed E-state index contributed by atoms with van der Waals surface area (Å²) in [6.07, 6.45) is 1.11. The number of fused-ring (bicyclic) bond motifs is 1. The highest BCUT2D eigenvalue weighted by Crippen LogP contribution is 2.37. The highest BCUT2D eigenvalue weighted by molar-refractivity contribution is 5.78. The highest BCUT2D eigenvalue weighted by atomic mass is 19.1. The minimum Gasteiger partial charge on any atom is -0.484 e. The molecule has 1 aliphatic rings. The molecular weight excluding hydrogens is 383 g/mol. The quantitative estimate of drug-likeness (QED) is 0.692. The van der Waals surface area contributed by atoms with Crippen molar-refractivity contribution in [2.45, 2.75) is 39.7 Å². The van der Waals surface area contributed by atoms with Crippen LogP contribution < -0.4 is 4.74 Å². The molecule has 0 N–H and O–H groups in total. The average molecular weight is 413 g/mol. The van der Waals surface area contributed by atoms with E-state index in [1.54, 1.807) is 11.0 Å². The second-order valence-electron chi connectivity index (χ2n) is 7.36. The molecule has 3 rings (SSSR count). The first-order chi connectivity index (χ1) is 14.5. The highest BCUT2D eigenvalue weighted by Gasteiger charge is 2.32. The van der Waals surface area contributed by atoms with Crippen molar-refractivity contribution in [2.24, 2.45) is 0 Å². The Bertz CT molecular complexity index is 911. The number of halogens is 1. The number of hydrogen-bond donors (Lipinski definition) is 0. The first-order valence-electron chi connectivity index (χ1n) is 10.6. The van der Waals surface area contributed by atoms with Crippen molar-refractivity contribution < 1.29 is 18.7 Å². The minimum atomic E-state index is -0.376. The van der Waals surface area contributed by atoms with Crippen LogP contribution in [0.2, 0.25) is 0 Å². The van der Waals surface area contributed by atoms with Crippen molar-refractivity contribution in [3.63, 3.8) is 0 Å². The van der Waals surface area contributed by atoms with E-state index in [4.69, 9.17) is 4.74 Å². The van der Waals surface area contributed by atoms with Gasteiger partial charge in [0.15, 0.2) is 6.61 Å². The van der Waals surface area contributed by atoms with E-state index in [9.17, 15) is 14.0 Å². The number of carbonyl (C=O) groups is 2. The predicted molar refractivity (Wildman–Crippen MR) is 114 cm³/mol. The Morgan fingerprint density at radius 3 is 2.57 bits per heavy atom. The van der Waals surface area contributed by atoms with E-state index in [0.29, 0.717) is 31.8 Å². The van der Waals surface area contributed by atoms with Crippen molar-refractivity contribution in [1.29, 1.82) is 0 Å². The summed E-state index contributed by atoms with van der Waals surface area (Å²) in [5.41, 5.74) is 2.75. The van der Waals surface area contributed by atoms with Gasteiger partial charge in [0.1, 0.15) is 11.6 Å². The van der Waals surface area contributed by atoms with Gasteiger partial charge < -0.3 is 14.5 Å². The Morgan fingerprint density at radius 2 is 1.90 bits per heavy atom. The summed E-state index contributed by atoms with van der Waals surface area (Å²) in [7, 11) is 0. The van der Waals surface area contributed by atoms with Crippen LogP contribution in [0.1, 0.15) is 49.9 Å². The van der Waals surface area contributed by atoms with Crippen LogP contribution >= 0.6 is 0 Å². The molecule has 0 aliphatic carbocycles. The third-order valence-corrected chi connectivity index (χ3v) is 5.61. The van der Waals surface area contributed by atoms with E-state index in [1.807, 2.05) is 49.9 Å². The van der Waals surface area contributed by atoms with Crippen LogP contribution in [0, 0.1) is 5.82 Å². The van der Waals surface area contributed by atoms with Crippen molar-refractivity contribution in [3.05, 3.63) is 65.0 Å². The van der Waals surface area contributed by atoms with Gasteiger partial charge in [-0.25, -0.2) is 4.39 Å². The smallest absolute Gasteiger partial charge is 0.260 e. The molecule has 1 atom stereocenters. The van der Waals surface area contributed by atoms with Crippen LogP contribution in [0.5, 0.6) is 5.75 Å². The maximum Gasteiger partial charge on any atom is 0.260 e. The summed E-state index contributed by atoms with van der Waals surface area (Å²) in [5, 5.41) is 0. The molecule has 0 spiro atoms. The summed E-state index contributed by atoms with van der Waals surface area (Å²) in [5.74, 6) is 0.197. The second kappa shape index (κ2) is 9.74. The molecule has 30 heavy (non-hydrogen) atoms. The molecule has 1 aliphatic heterocycles. The van der Waals surface area contributed by atoms with Crippen molar-refractivity contribution in [1.82, 2.24) is 9.80 Å². The van der Waals surface area contributed by atoms with E-state index in [1.165, 1.54) is 12.1 Å². The SMILES string of the molecule is CCC(=O)N1CCc2ccc(OCC(=O)N(CC)CC)cc2C1c1cccc(F)c1. The first-order valence-corrected chi connectivity index (χ1v) is 10.6. The Hall–Kier alpha value is -2.89. The molecule has 0 aromatic heterocycles. The zero-order chi connectivity index (χ0) is 21.7. The molecule has 1 unspecified atom stereocenters. The lowest BCUT2D eigenvalue weighted by atomic mass is 9.87. The van der Waals surface area contributed by atoms with Gasteiger partial charge in [-0.05, 0) is 61.2 Å². The number of hydrogen-bond acceptors (Lipinski definition) is 3. The number of ether oxygens (including phenoxy) is 1. The number of amides is 2. The monoisotopic (exact) mass is 412 g/mol. The van der Waals surface area contributed by atoms with Gasteiger partial charge in [0.2, 0.25) is 5.91 Å². The normalized spacial score (nSPS) is 15.5. The summed E-state index contributed by atoms with van der Waals surface area (Å²) in [6.45, 7) is 7.52. The lowest BCUT2D eigenvalue weighted by Gasteiger charge is -2.38. The molecule has 0 saturated carbocycles. The number of benzene rings is 2. The van der Waals surface area contributed by atoms with Crippen LogP contribution in [0.4, 0.5) is 4.39 Å². The van der Waals surface area contributed by atoms with Gasteiger partial charge in [-0.1, -0.05) is 25.1 Å². The standard InChI is InChI=1S/C24H29FN2O3/c1-4-22(28)27-13-12-17-10-11-20(30-16-23(29)26(5-2)6-3)15-21(17)24(27)18-8-7-9-19(25)14-18/h7-11,14-15,24H,4-6,12-13,16H2,1-3H3. The molecule has 2 amide bonds. The van der Waals surface area contributed by atoms with E-state index < -0.39 is 0 Å². The molecule has 2 aromatic carbocycles. The molecule has 6 heteroatoms. The van der Waals surface area contributed by atoms with E-state index in [0.717, 1.165) is 23.1 Å². The molecule has 0 bridgehead atoms. The largest absolute Gasteiger partial charge is 0.484 e. The Balaban J connectivity index is 1.93. The van der Waals surface area contributed by atoms with Crippen LogP contribution in [-0.4, -0.2) is 47.9 Å². The van der Waals surface area contributed by atoms with E-state index >= 15 is 0 Å².